The van der Waals surface area contributed by atoms with Crippen LogP contribution in [0.3, 0.4) is 0 Å². The Kier molecular flexibility index (Phi) is 8.45. The van der Waals surface area contributed by atoms with Crippen LogP contribution in [0, 0.1) is 6.92 Å². The van der Waals surface area contributed by atoms with Crippen LogP contribution in [0.1, 0.15) is 17.5 Å². The number of nitrogens with one attached hydrogen (secondary N) is 2. The summed E-state index contributed by atoms with van der Waals surface area (Å²) in [7, 11) is 1.72. The van der Waals surface area contributed by atoms with Crippen molar-refractivity contribution in [2.24, 2.45) is 0 Å². The fourth-order valence-corrected chi connectivity index (χ4v) is 2.33. The van der Waals surface area contributed by atoms with Crippen molar-refractivity contribution in [3.8, 4) is 0 Å². The number of hydrogen-bond acceptors (Lipinski definition) is 3. The summed E-state index contributed by atoms with van der Waals surface area (Å²) < 4.78 is 0. The van der Waals surface area contributed by atoms with E-state index in [1.165, 1.54) is 0 Å². The number of amides is 3. The fourth-order valence-electron chi connectivity index (χ4n) is 2.33. The number of halogens is 1. The van der Waals surface area contributed by atoms with Crippen LogP contribution in [-0.4, -0.2) is 30.4 Å². The highest BCUT2D eigenvalue weighted by atomic mass is 35.5. The summed E-state index contributed by atoms with van der Waals surface area (Å²) in [6, 6.07) is 14.9. The molecule has 0 aromatic heterocycles. The number of anilines is 2. The van der Waals surface area contributed by atoms with Gasteiger partial charge < -0.3 is 21.3 Å². The molecule has 0 atom stereocenters. The van der Waals surface area contributed by atoms with E-state index in [4.69, 9.17) is 5.73 Å². The van der Waals surface area contributed by atoms with Gasteiger partial charge in [-0.2, -0.15) is 0 Å². The standard InChI is InChI=1S/C19H24N4O2.ClH/c1-14-8-9-16(20)12-17(14)22-18(24)10-11-21-19(25)23(2)13-15-6-4-3-5-7-15;/h3-9,12H,10-11,13,20H2,1-2H3,(H,21,25)(H,22,24);1H. The number of nitrogens with zero attached hydrogens (tertiary/aromatic N) is 1. The Labute approximate surface area is 160 Å². The highest BCUT2D eigenvalue weighted by molar-refractivity contribution is 5.92. The van der Waals surface area contributed by atoms with Gasteiger partial charge in [0.05, 0.1) is 0 Å². The molecule has 3 amide bonds. The lowest BCUT2D eigenvalue weighted by Crippen LogP contribution is -2.38. The van der Waals surface area contributed by atoms with Crippen LogP contribution < -0.4 is 16.4 Å². The summed E-state index contributed by atoms with van der Waals surface area (Å²) in [5.41, 5.74) is 9.00. The summed E-state index contributed by atoms with van der Waals surface area (Å²) >= 11 is 0. The molecule has 4 N–H and O–H groups in total. The molecule has 0 heterocycles. The lowest BCUT2D eigenvalue weighted by molar-refractivity contribution is -0.116. The number of urea groups is 1. The fraction of sp³-hybridized carbons (Fsp3) is 0.263. The van der Waals surface area contributed by atoms with Crippen molar-refractivity contribution in [3.05, 3.63) is 59.7 Å². The second-order valence-corrected chi connectivity index (χ2v) is 5.95. The van der Waals surface area contributed by atoms with E-state index >= 15 is 0 Å². The van der Waals surface area contributed by atoms with E-state index in [-0.39, 0.29) is 37.3 Å². The summed E-state index contributed by atoms with van der Waals surface area (Å²) in [4.78, 5) is 25.6. The van der Waals surface area contributed by atoms with Gasteiger partial charge >= 0.3 is 6.03 Å². The normalized spacial score (nSPS) is 9.77. The minimum Gasteiger partial charge on any atom is -0.399 e. The first-order valence-electron chi connectivity index (χ1n) is 8.14. The number of hydrogen-bond donors (Lipinski definition) is 3. The molecule has 0 saturated carbocycles. The van der Waals surface area contributed by atoms with Gasteiger partial charge in [0.15, 0.2) is 0 Å². The molecule has 6 nitrogen and oxygen atoms in total. The SMILES string of the molecule is Cc1ccc(N)cc1NC(=O)CCNC(=O)N(C)Cc1ccccc1.Cl. The minimum absolute atomic E-state index is 0. The van der Waals surface area contributed by atoms with E-state index in [1.54, 1.807) is 24.1 Å². The van der Waals surface area contributed by atoms with Crippen molar-refractivity contribution in [3.63, 3.8) is 0 Å². The molecule has 0 fully saturated rings. The lowest BCUT2D eigenvalue weighted by Gasteiger charge is -2.18. The van der Waals surface area contributed by atoms with Gasteiger partial charge in [-0.1, -0.05) is 36.4 Å². The number of nitrogen functional groups attached to an aromatic ring is 1. The summed E-state index contributed by atoms with van der Waals surface area (Å²) in [5, 5.41) is 5.56. The average Bonchev–Trinajstić information content (AvgIpc) is 2.59. The molecule has 0 unspecified atom stereocenters. The van der Waals surface area contributed by atoms with Crippen molar-refractivity contribution >= 4 is 35.7 Å². The molecule has 0 saturated heterocycles. The number of carbonyl (C=O) groups is 2. The van der Waals surface area contributed by atoms with Crippen molar-refractivity contribution in [1.29, 1.82) is 0 Å². The predicted octanol–water partition coefficient (Wildman–Crippen LogP) is 3.17. The first kappa shape index (κ1) is 21.3. The predicted molar refractivity (Wildman–Crippen MR) is 107 cm³/mol. The van der Waals surface area contributed by atoms with Gasteiger partial charge in [-0.3, -0.25) is 4.79 Å². The van der Waals surface area contributed by atoms with E-state index in [2.05, 4.69) is 10.6 Å². The maximum atomic E-state index is 12.1. The third-order valence-electron chi connectivity index (χ3n) is 3.77. The van der Waals surface area contributed by atoms with Crippen LogP contribution in [0.5, 0.6) is 0 Å². The minimum atomic E-state index is -0.211. The smallest absolute Gasteiger partial charge is 0.317 e. The van der Waals surface area contributed by atoms with Crippen molar-refractivity contribution in [1.82, 2.24) is 10.2 Å². The maximum absolute atomic E-state index is 12.1. The molecule has 0 aliphatic carbocycles. The van der Waals surface area contributed by atoms with Crippen LogP contribution in [0.15, 0.2) is 48.5 Å². The molecule has 0 bridgehead atoms. The van der Waals surface area contributed by atoms with Gasteiger partial charge in [-0.05, 0) is 30.2 Å². The number of carbonyl (C=O) groups excluding carboxylic acids is 2. The van der Waals surface area contributed by atoms with Crippen LogP contribution in [0.25, 0.3) is 0 Å². The zero-order chi connectivity index (χ0) is 18.2. The van der Waals surface area contributed by atoms with Crippen LogP contribution in [0.2, 0.25) is 0 Å². The quantitative estimate of drug-likeness (QED) is 0.676. The van der Waals surface area contributed by atoms with E-state index in [0.717, 1.165) is 11.1 Å². The van der Waals surface area contributed by atoms with E-state index in [9.17, 15) is 9.59 Å². The van der Waals surface area contributed by atoms with Crippen LogP contribution in [-0.2, 0) is 11.3 Å². The summed E-state index contributed by atoms with van der Waals surface area (Å²) in [6.07, 6.45) is 0.194. The summed E-state index contributed by atoms with van der Waals surface area (Å²) in [5.74, 6) is -0.167. The Morgan fingerprint density at radius 1 is 1.12 bits per heavy atom. The molecular formula is C19H25ClN4O2. The maximum Gasteiger partial charge on any atom is 0.317 e. The molecule has 140 valence electrons. The highest BCUT2D eigenvalue weighted by Crippen LogP contribution is 2.18. The topological polar surface area (TPSA) is 87.5 Å². The van der Waals surface area contributed by atoms with E-state index in [0.29, 0.717) is 17.9 Å². The van der Waals surface area contributed by atoms with Crippen molar-refractivity contribution in [2.75, 3.05) is 24.6 Å². The summed E-state index contributed by atoms with van der Waals surface area (Å²) in [6.45, 7) is 2.68. The van der Waals surface area contributed by atoms with E-state index < -0.39 is 0 Å². The van der Waals surface area contributed by atoms with Crippen LogP contribution >= 0.6 is 12.4 Å². The first-order chi connectivity index (χ1) is 12.0. The number of aryl methyl sites for hydroxylation is 1. The van der Waals surface area contributed by atoms with Crippen molar-refractivity contribution in [2.45, 2.75) is 19.9 Å². The Morgan fingerprint density at radius 2 is 1.81 bits per heavy atom. The van der Waals surface area contributed by atoms with Gasteiger partial charge in [0, 0.05) is 37.9 Å². The largest absolute Gasteiger partial charge is 0.399 e. The third kappa shape index (κ3) is 6.64. The van der Waals surface area contributed by atoms with Gasteiger partial charge in [0.2, 0.25) is 5.91 Å². The van der Waals surface area contributed by atoms with Gasteiger partial charge in [0.1, 0.15) is 0 Å². The highest BCUT2D eigenvalue weighted by Gasteiger charge is 2.10. The monoisotopic (exact) mass is 376 g/mol. The number of rotatable bonds is 6. The molecule has 2 aromatic carbocycles. The Balaban J connectivity index is 0.00000338. The van der Waals surface area contributed by atoms with Crippen LogP contribution in [0.4, 0.5) is 16.2 Å². The third-order valence-corrected chi connectivity index (χ3v) is 3.77. The molecule has 2 aromatic rings. The van der Waals surface area contributed by atoms with Gasteiger partial charge in [0.25, 0.3) is 0 Å². The zero-order valence-corrected chi connectivity index (χ0v) is 15.8. The molecule has 26 heavy (non-hydrogen) atoms. The molecule has 0 radical (unpaired) electrons. The van der Waals surface area contributed by atoms with Crippen molar-refractivity contribution < 1.29 is 9.59 Å². The Bertz CT molecular complexity index is 738. The van der Waals surface area contributed by atoms with Gasteiger partial charge in [-0.25, -0.2) is 4.79 Å². The molecule has 0 aliphatic rings. The number of benzene rings is 2. The van der Waals surface area contributed by atoms with E-state index in [1.807, 2.05) is 43.3 Å². The number of nitrogens with two attached hydrogens (primary N) is 1. The average molecular weight is 377 g/mol. The second-order valence-electron chi connectivity index (χ2n) is 5.95. The zero-order valence-electron chi connectivity index (χ0n) is 15.0. The Morgan fingerprint density at radius 3 is 2.50 bits per heavy atom. The Hall–Kier alpha value is -2.73. The first-order valence-corrected chi connectivity index (χ1v) is 8.14. The lowest BCUT2D eigenvalue weighted by atomic mass is 10.2. The second kappa shape index (κ2) is 10.3. The molecule has 0 aliphatic heterocycles. The molecule has 7 heteroatoms. The molecule has 2 rings (SSSR count). The van der Waals surface area contributed by atoms with Gasteiger partial charge in [-0.15, -0.1) is 12.4 Å². The molecule has 0 spiro atoms. The molecular weight excluding hydrogens is 352 g/mol.